The molecular formula is C30H32N4O4S3. The van der Waals surface area contributed by atoms with Crippen LogP contribution in [0.4, 0.5) is 0 Å². The molecule has 2 aromatic carbocycles. The second-order valence-corrected chi connectivity index (χ2v) is 14.4. The van der Waals surface area contributed by atoms with Crippen LogP contribution in [0.25, 0.3) is 23.0 Å². The first-order valence-corrected chi connectivity index (χ1v) is 16.6. The van der Waals surface area contributed by atoms with E-state index >= 15 is 0 Å². The molecule has 0 N–H and O–H groups in total. The number of benzene rings is 2. The first-order chi connectivity index (χ1) is 19.8. The van der Waals surface area contributed by atoms with Gasteiger partial charge < -0.3 is 4.74 Å². The molecule has 0 bridgehead atoms. The van der Waals surface area contributed by atoms with Crippen molar-refractivity contribution in [2.24, 2.45) is 5.92 Å². The van der Waals surface area contributed by atoms with E-state index in [4.69, 9.17) is 22.1 Å². The van der Waals surface area contributed by atoms with Gasteiger partial charge in [-0.1, -0.05) is 61.2 Å². The fourth-order valence-corrected chi connectivity index (χ4v) is 8.18. The van der Waals surface area contributed by atoms with Gasteiger partial charge in [0.15, 0.2) is 0 Å². The van der Waals surface area contributed by atoms with Gasteiger partial charge in [0.25, 0.3) is 5.91 Å². The van der Waals surface area contributed by atoms with Crippen LogP contribution < -0.4 is 0 Å². The van der Waals surface area contributed by atoms with Gasteiger partial charge in [-0.2, -0.15) is 9.40 Å². The normalized spacial score (nSPS) is 21.8. The molecular weight excluding hydrogens is 577 g/mol. The molecule has 0 radical (unpaired) electrons. The standard InChI is InChI=1S/C30H32N4O4S3/c1-21-12-14-32(15-13-21)41(36,37)26-11-5-7-22(17-26)28-23(19-34(31-28)24-8-3-2-4-9-24)18-27-29(35)33(30(39)40-27)20-25-10-6-16-38-25/h2-5,7-9,11,17-19,21,25H,6,10,12-16,20H2,1H3/b27-18-. The minimum absolute atomic E-state index is 0.000969. The zero-order valence-electron chi connectivity index (χ0n) is 22.8. The Morgan fingerprint density at radius 1 is 1.10 bits per heavy atom. The van der Waals surface area contributed by atoms with Gasteiger partial charge in [0.05, 0.1) is 28.1 Å². The first-order valence-electron chi connectivity index (χ1n) is 13.9. The monoisotopic (exact) mass is 608 g/mol. The summed E-state index contributed by atoms with van der Waals surface area (Å²) in [6, 6.07) is 16.6. The highest BCUT2D eigenvalue weighted by atomic mass is 32.2. The van der Waals surface area contributed by atoms with Gasteiger partial charge in [-0.25, -0.2) is 13.1 Å². The molecule has 41 heavy (non-hydrogen) atoms. The van der Waals surface area contributed by atoms with E-state index in [1.54, 1.807) is 32.1 Å². The lowest BCUT2D eigenvalue weighted by molar-refractivity contribution is -0.123. The second-order valence-electron chi connectivity index (χ2n) is 10.8. The first kappa shape index (κ1) is 28.3. The summed E-state index contributed by atoms with van der Waals surface area (Å²) in [7, 11) is -3.64. The van der Waals surface area contributed by atoms with Crippen LogP contribution in [-0.2, 0) is 19.6 Å². The lowest BCUT2D eigenvalue weighted by Gasteiger charge is -2.29. The zero-order valence-corrected chi connectivity index (χ0v) is 25.3. The number of aromatic nitrogens is 2. The van der Waals surface area contributed by atoms with Crippen molar-refractivity contribution in [3.05, 3.63) is 71.3 Å². The number of thioether (sulfide) groups is 1. The Bertz CT molecular complexity index is 1590. The quantitative estimate of drug-likeness (QED) is 0.265. The minimum Gasteiger partial charge on any atom is -0.376 e. The average Bonchev–Trinajstić information content (AvgIpc) is 3.71. The maximum atomic E-state index is 13.5. The lowest BCUT2D eigenvalue weighted by Crippen LogP contribution is -2.37. The number of rotatable bonds is 7. The Balaban J connectivity index is 1.36. The van der Waals surface area contributed by atoms with Crippen LogP contribution in [0.15, 0.2) is 70.6 Å². The van der Waals surface area contributed by atoms with Crippen molar-refractivity contribution < 1.29 is 17.9 Å². The van der Waals surface area contributed by atoms with Crippen LogP contribution in [0.1, 0.15) is 38.2 Å². The summed E-state index contributed by atoms with van der Waals surface area (Å²) in [6.45, 7) is 4.37. The lowest BCUT2D eigenvalue weighted by atomic mass is 10.0. The Kier molecular flexibility index (Phi) is 8.15. The largest absolute Gasteiger partial charge is 0.376 e. The molecule has 3 aliphatic rings. The summed E-state index contributed by atoms with van der Waals surface area (Å²) in [5.41, 5.74) is 2.80. The smallest absolute Gasteiger partial charge is 0.266 e. The highest BCUT2D eigenvalue weighted by molar-refractivity contribution is 8.26. The second kappa shape index (κ2) is 11.8. The molecule has 1 unspecified atom stereocenters. The third kappa shape index (κ3) is 5.91. The molecule has 3 aliphatic heterocycles. The predicted molar refractivity (Wildman–Crippen MR) is 165 cm³/mol. The van der Waals surface area contributed by atoms with Crippen molar-refractivity contribution in [1.82, 2.24) is 19.0 Å². The SMILES string of the molecule is CC1CCN(S(=O)(=O)c2cccc(-c3nn(-c4ccccc4)cc3/C=C3\SC(=S)N(CC4CCCO4)C3=O)c2)CC1. The van der Waals surface area contributed by atoms with E-state index in [1.165, 1.54) is 11.8 Å². The van der Waals surface area contributed by atoms with Gasteiger partial charge in [0.2, 0.25) is 10.0 Å². The summed E-state index contributed by atoms with van der Waals surface area (Å²) in [5, 5.41) is 4.86. The van der Waals surface area contributed by atoms with Crippen LogP contribution in [0, 0.1) is 5.92 Å². The highest BCUT2D eigenvalue weighted by Gasteiger charge is 2.35. The number of hydrogen-bond acceptors (Lipinski definition) is 7. The Labute approximate surface area is 250 Å². The fraction of sp³-hybridized carbons (Fsp3) is 0.367. The number of ether oxygens (including phenoxy) is 1. The van der Waals surface area contributed by atoms with Crippen LogP contribution in [-0.4, -0.2) is 70.0 Å². The Morgan fingerprint density at radius 3 is 2.61 bits per heavy atom. The van der Waals surface area contributed by atoms with Crippen molar-refractivity contribution >= 4 is 50.3 Å². The molecule has 0 aliphatic carbocycles. The van der Waals surface area contributed by atoms with Gasteiger partial charge in [-0.3, -0.25) is 9.69 Å². The van der Waals surface area contributed by atoms with Crippen molar-refractivity contribution in [2.45, 2.75) is 43.6 Å². The third-order valence-corrected chi connectivity index (χ3v) is 11.1. The number of thiocarbonyl (C=S) groups is 1. The number of hydrogen-bond donors (Lipinski definition) is 0. The van der Waals surface area contributed by atoms with E-state index in [0.717, 1.165) is 31.4 Å². The summed E-state index contributed by atoms with van der Waals surface area (Å²) < 4.78 is 36.6. The highest BCUT2D eigenvalue weighted by Crippen LogP contribution is 2.36. The van der Waals surface area contributed by atoms with Gasteiger partial charge in [-0.15, -0.1) is 0 Å². The number of carbonyl (C=O) groups excluding carboxylic acids is 1. The molecule has 0 saturated carbocycles. The van der Waals surface area contributed by atoms with Crippen LogP contribution >= 0.6 is 24.0 Å². The molecule has 0 spiro atoms. The summed E-state index contributed by atoms with van der Waals surface area (Å²) >= 11 is 6.83. The van der Waals surface area contributed by atoms with Crippen LogP contribution in [0.2, 0.25) is 0 Å². The molecule has 214 valence electrons. The molecule has 3 saturated heterocycles. The number of nitrogens with zero attached hydrogens (tertiary/aromatic N) is 4. The zero-order chi connectivity index (χ0) is 28.6. The van der Waals surface area contributed by atoms with E-state index < -0.39 is 10.0 Å². The van der Waals surface area contributed by atoms with Crippen molar-refractivity contribution in [3.8, 4) is 16.9 Å². The summed E-state index contributed by atoms with van der Waals surface area (Å²) in [6.07, 6.45) is 7.29. The van der Waals surface area contributed by atoms with E-state index in [2.05, 4.69) is 6.92 Å². The van der Waals surface area contributed by atoms with Gasteiger partial charge in [0.1, 0.15) is 10.0 Å². The van der Waals surface area contributed by atoms with Crippen LogP contribution in [0.3, 0.4) is 0 Å². The molecule has 1 amide bonds. The van der Waals surface area contributed by atoms with E-state index in [0.29, 0.717) is 58.2 Å². The topological polar surface area (TPSA) is 84.7 Å². The molecule has 4 heterocycles. The minimum atomic E-state index is -3.64. The number of carbonyl (C=O) groups is 1. The number of amides is 1. The number of sulfonamides is 1. The molecule has 6 rings (SSSR count). The van der Waals surface area contributed by atoms with Gasteiger partial charge in [-0.05, 0) is 61.9 Å². The van der Waals surface area contributed by atoms with E-state index in [-0.39, 0.29) is 16.9 Å². The maximum absolute atomic E-state index is 13.5. The molecule has 1 atom stereocenters. The molecule has 1 aromatic heterocycles. The summed E-state index contributed by atoms with van der Waals surface area (Å²) in [5.74, 6) is 0.376. The molecule has 3 fully saturated rings. The van der Waals surface area contributed by atoms with Crippen molar-refractivity contribution in [2.75, 3.05) is 26.2 Å². The predicted octanol–water partition coefficient (Wildman–Crippen LogP) is 5.34. The van der Waals surface area contributed by atoms with E-state index in [9.17, 15) is 13.2 Å². The molecule has 11 heteroatoms. The summed E-state index contributed by atoms with van der Waals surface area (Å²) in [4.78, 5) is 15.8. The average molecular weight is 609 g/mol. The van der Waals surface area contributed by atoms with Crippen LogP contribution in [0.5, 0.6) is 0 Å². The van der Waals surface area contributed by atoms with Crippen molar-refractivity contribution in [1.29, 1.82) is 0 Å². The maximum Gasteiger partial charge on any atom is 0.266 e. The Hall–Kier alpha value is -2.83. The number of piperidine rings is 1. The molecule has 3 aromatic rings. The Morgan fingerprint density at radius 2 is 1.88 bits per heavy atom. The van der Waals surface area contributed by atoms with E-state index in [1.807, 2.05) is 48.7 Å². The van der Waals surface area contributed by atoms with Gasteiger partial charge in [0, 0.05) is 37.0 Å². The third-order valence-electron chi connectivity index (χ3n) is 7.82. The number of para-hydroxylation sites is 1. The molecule has 8 nitrogen and oxygen atoms in total. The fourth-order valence-electron chi connectivity index (χ4n) is 5.40. The van der Waals surface area contributed by atoms with Crippen molar-refractivity contribution in [3.63, 3.8) is 0 Å². The van der Waals surface area contributed by atoms with Gasteiger partial charge >= 0.3 is 0 Å².